The van der Waals surface area contributed by atoms with E-state index in [1.165, 1.54) is 18.2 Å². The number of aliphatic imine (C=N–C) groups is 1. The van der Waals surface area contributed by atoms with Gasteiger partial charge in [0.25, 0.3) is 5.91 Å². The van der Waals surface area contributed by atoms with E-state index in [1.54, 1.807) is 24.3 Å². The summed E-state index contributed by atoms with van der Waals surface area (Å²) in [6.45, 7) is 0.649. The van der Waals surface area contributed by atoms with E-state index in [9.17, 15) is 15.2 Å². The van der Waals surface area contributed by atoms with Gasteiger partial charge < -0.3 is 14.6 Å². The molecule has 4 aromatic carbocycles. The Hall–Kier alpha value is -4.86. The van der Waals surface area contributed by atoms with Gasteiger partial charge in [0.05, 0.1) is 11.8 Å². The number of carbonyl (C=O) groups is 1. The van der Waals surface area contributed by atoms with Crippen LogP contribution in [0.4, 0.5) is 0 Å². The Labute approximate surface area is 231 Å². The lowest BCUT2D eigenvalue weighted by molar-refractivity contribution is -0.118. The fourth-order valence-electron chi connectivity index (χ4n) is 4.19. The normalized spacial score (nSPS) is 14.7. The first-order valence-corrected chi connectivity index (χ1v) is 12.6. The summed E-state index contributed by atoms with van der Waals surface area (Å²) >= 11 is 6.14. The van der Waals surface area contributed by atoms with Crippen LogP contribution in [0.15, 0.2) is 108 Å². The van der Waals surface area contributed by atoms with Gasteiger partial charge in [-0.2, -0.15) is 5.26 Å². The molecule has 0 fully saturated rings. The van der Waals surface area contributed by atoms with Gasteiger partial charge in [0.15, 0.2) is 5.92 Å². The first-order valence-electron chi connectivity index (χ1n) is 12.2. The van der Waals surface area contributed by atoms with Crippen molar-refractivity contribution in [2.24, 2.45) is 10.9 Å². The number of phenols is 1. The first kappa shape index (κ1) is 25.8. The summed E-state index contributed by atoms with van der Waals surface area (Å²) in [4.78, 5) is 17.0. The van der Waals surface area contributed by atoms with E-state index in [4.69, 9.17) is 21.1 Å². The number of hydrogen-bond acceptors (Lipinski definition) is 5. The van der Waals surface area contributed by atoms with Crippen molar-refractivity contribution < 1.29 is 19.4 Å². The summed E-state index contributed by atoms with van der Waals surface area (Å²) < 4.78 is 12.2. The minimum absolute atomic E-state index is 0.0798. The summed E-state index contributed by atoms with van der Waals surface area (Å²) in [7, 11) is 0. The number of amides is 1. The van der Waals surface area contributed by atoms with Crippen LogP contribution in [0.5, 0.6) is 17.2 Å². The van der Waals surface area contributed by atoms with Gasteiger partial charge in [0, 0.05) is 16.7 Å². The third kappa shape index (κ3) is 6.18. The highest BCUT2D eigenvalue weighted by atomic mass is 35.5. The number of nitrogens with zero attached hydrogens (tertiary/aromatic N) is 2. The number of aromatic hydroxyl groups is 1. The lowest BCUT2D eigenvalue weighted by Gasteiger charge is -2.20. The molecule has 0 aliphatic carbocycles. The van der Waals surface area contributed by atoms with Crippen LogP contribution in [-0.2, 0) is 18.0 Å². The summed E-state index contributed by atoms with van der Waals surface area (Å²) in [5.74, 6) is -0.824. The predicted molar refractivity (Wildman–Crippen MR) is 150 cm³/mol. The van der Waals surface area contributed by atoms with Crippen LogP contribution in [0.25, 0.3) is 5.57 Å². The third-order valence-electron chi connectivity index (χ3n) is 6.15. The maximum absolute atomic E-state index is 13.0. The number of benzene rings is 4. The number of rotatable bonds is 8. The van der Waals surface area contributed by atoms with E-state index in [2.05, 4.69) is 11.1 Å². The van der Waals surface area contributed by atoms with E-state index in [-0.39, 0.29) is 11.5 Å². The van der Waals surface area contributed by atoms with Crippen LogP contribution in [0.2, 0.25) is 5.02 Å². The molecule has 0 spiro atoms. The predicted octanol–water partition coefficient (Wildman–Crippen LogP) is 6.76. The van der Waals surface area contributed by atoms with Crippen LogP contribution in [0.3, 0.4) is 0 Å². The molecule has 0 radical (unpaired) electrons. The van der Waals surface area contributed by atoms with Crippen molar-refractivity contribution in [2.75, 3.05) is 0 Å². The van der Waals surface area contributed by atoms with Crippen molar-refractivity contribution in [3.05, 3.63) is 130 Å². The number of nitriles is 1. The Bertz CT molecular complexity index is 1550. The molecule has 1 atom stereocenters. The number of dihydropyridines is 1. The average Bonchev–Trinajstić information content (AvgIpc) is 2.97. The van der Waals surface area contributed by atoms with E-state index < -0.39 is 11.8 Å². The van der Waals surface area contributed by atoms with Crippen LogP contribution in [0, 0.1) is 17.2 Å². The Balaban J connectivity index is 1.54. The van der Waals surface area contributed by atoms with Crippen LogP contribution in [0.1, 0.15) is 22.3 Å². The zero-order chi connectivity index (χ0) is 27.2. The van der Waals surface area contributed by atoms with Gasteiger partial charge in [-0.3, -0.25) is 4.79 Å². The topological polar surface area (TPSA) is 91.9 Å². The molecule has 39 heavy (non-hydrogen) atoms. The SMILES string of the molecule is N#CC1C(=O)N=C(c2cc(Cl)ccc2O)C=C1c1cc(OCc2ccccc2)cc(OCc2ccccc2)c1. The molecule has 0 aromatic heterocycles. The molecule has 1 aliphatic heterocycles. The Morgan fingerprint density at radius 3 is 2.00 bits per heavy atom. The van der Waals surface area contributed by atoms with Gasteiger partial charge in [-0.15, -0.1) is 0 Å². The fraction of sp³-hybridized carbons (Fsp3) is 0.0938. The highest BCUT2D eigenvalue weighted by molar-refractivity contribution is 6.31. The van der Waals surface area contributed by atoms with E-state index in [0.717, 1.165) is 11.1 Å². The van der Waals surface area contributed by atoms with Crippen molar-refractivity contribution >= 4 is 28.8 Å². The van der Waals surface area contributed by atoms with Gasteiger partial charge in [0.2, 0.25) is 0 Å². The summed E-state index contributed by atoms with van der Waals surface area (Å²) in [6, 6.07) is 31.3. The van der Waals surface area contributed by atoms with Gasteiger partial charge in [-0.05, 0) is 58.7 Å². The largest absolute Gasteiger partial charge is 0.507 e. The molecule has 4 aromatic rings. The molecule has 1 amide bonds. The molecule has 5 rings (SSSR count). The Kier molecular flexibility index (Phi) is 7.72. The first-order chi connectivity index (χ1) is 19.0. The molecular formula is C32H23ClN2O4. The smallest absolute Gasteiger partial charge is 0.268 e. The molecule has 0 saturated heterocycles. The van der Waals surface area contributed by atoms with Gasteiger partial charge in [-0.1, -0.05) is 72.3 Å². The second kappa shape index (κ2) is 11.7. The van der Waals surface area contributed by atoms with E-state index >= 15 is 0 Å². The highest BCUT2D eigenvalue weighted by Gasteiger charge is 2.30. The van der Waals surface area contributed by atoms with Crippen LogP contribution >= 0.6 is 11.6 Å². The third-order valence-corrected chi connectivity index (χ3v) is 6.39. The Morgan fingerprint density at radius 1 is 0.846 bits per heavy atom. The van der Waals surface area contributed by atoms with Crippen molar-refractivity contribution in [2.45, 2.75) is 13.2 Å². The highest BCUT2D eigenvalue weighted by Crippen LogP contribution is 2.36. The number of carbonyl (C=O) groups excluding carboxylic acids is 1. The van der Waals surface area contributed by atoms with Gasteiger partial charge in [-0.25, -0.2) is 4.99 Å². The maximum Gasteiger partial charge on any atom is 0.268 e. The van der Waals surface area contributed by atoms with Crippen molar-refractivity contribution in [3.8, 4) is 23.3 Å². The quantitative estimate of drug-likeness (QED) is 0.270. The minimum Gasteiger partial charge on any atom is -0.507 e. The number of allylic oxidation sites excluding steroid dienone is 1. The summed E-state index contributed by atoms with van der Waals surface area (Å²) in [5.41, 5.74) is 3.47. The second-order valence-corrected chi connectivity index (χ2v) is 9.34. The lowest BCUT2D eigenvalue weighted by Crippen LogP contribution is -2.20. The molecule has 192 valence electrons. The molecule has 7 heteroatoms. The van der Waals surface area contributed by atoms with E-state index in [0.29, 0.717) is 46.4 Å². The lowest BCUT2D eigenvalue weighted by atomic mass is 9.88. The van der Waals surface area contributed by atoms with Crippen molar-refractivity contribution in [1.29, 1.82) is 5.26 Å². The van der Waals surface area contributed by atoms with Crippen LogP contribution in [-0.4, -0.2) is 16.7 Å². The fourth-order valence-corrected chi connectivity index (χ4v) is 4.36. The van der Waals surface area contributed by atoms with Gasteiger partial charge >= 0.3 is 0 Å². The molecule has 1 aliphatic rings. The van der Waals surface area contributed by atoms with Gasteiger partial charge in [0.1, 0.15) is 30.5 Å². The number of phenolic OH excluding ortho intramolecular Hbond substituents is 1. The number of hydrogen-bond donors (Lipinski definition) is 1. The Morgan fingerprint density at radius 2 is 1.44 bits per heavy atom. The number of halogens is 1. The maximum atomic E-state index is 13.0. The molecule has 1 heterocycles. The second-order valence-electron chi connectivity index (χ2n) is 8.90. The molecular weight excluding hydrogens is 512 g/mol. The van der Waals surface area contributed by atoms with E-state index in [1.807, 2.05) is 60.7 Å². The summed E-state index contributed by atoms with van der Waals surface area (Å²) in [6.07, 6.45) is 1.62. The van der Waals surface area contributed by atoms with Crippen LogP contribution < -0.4 is 9.47 Å². The van der Waals surface area contributed by atoms with Crippen molar-refractivity contribution in [1.82, 2.24) is 0 Å². The molecule has 1 N–H and O–H groups in total. The monoisotopic (exact) mass is 534 g/mol. The standard InChI is InChI=1S/C32H23ClN2O4/c33-24-11-12-31(36)28(15-24)30-17-27(29(18-34)32(37)35-30)23-13-25(38-19-21-7-3-1-4-8-21)16-26(14-23)39-20-22-9-5-2-6-10-22/h1-17,29,36H,19-20H2. The zero-order valence-electron chi connectivity index (χ0n) is 20.8. The van der Waals surface area contributed by atoms with Crippen molar-refractivity contribution in [3.63, 3.8) is 0 Å². The molecule has 0 bridgehead atoms. The molecule has 1 unspecified atom stereocenters. The summed E-state index contributed by atoms with van der Waals surface area (Å²) in [5, 5.41) is 20.7. The minimum atomic E-state index is -1.14. The molecule has 6 nitrogen and oxygen atoms in total. The zero-order valence-corrected chi connectivity index (χ0v) is 21.5. The molecule has 0 saturated carbocycles. The number of ether oxygens (including phenoxy) is 2. The average molecular weight is 535 g/mol.